The summed E-state index contributed by atoms with van der Waals surface area (Å²) in [5.74, 6) is 1.06. The first-order valence-corrected chi connectivity index (χ1v) is 9.87. The largest absolute Gasteiger partial charge is 0.493 e. The molecule has 29 heavy (non-hydrogen) atoms. The van der Waals surface area contributed by atoms with Gasteiger partial charge in [-0.25, -0.2) is 0 Å². The number of rotatable bonds is 8. The Hall–Kier alpha value is -2.99. The van der Waals surface area contributed by atoms with Crippen molar-refractivity contribution in [2.45, 2.75) is 39.8 Å². The van der Waals surface area contributed by atoms with Crippen molar-refractivity contribution in [2.75, 3.05) is 24.9 Å². The Bertz CT molecular complexity index is 918. The minimum Gasteiger partial charge on any atom is -0.493 e. The number of allylic oxidation sites excluding steroid dienone is 1. The van der Waals surface area contributed by atoms with Crippen LogP contribution in [-0.4, -0.2) is 26.2 Å². The Kier molecular flexibility index (Phi) is 6.44. The maximum atomic E-state index is 12.7. The quantitative estimate of drug-likeness (QED) is 0.579. The number of carbonyl (C=O) groups is 1. The lowest BCUT2D eigenvalue weighted by Crippen LogP contribution is -2.21. The number of carbonyl (C=O) groups excluding carboxylic acids is 1. The molecular weight excluding hydrogens is 366 g/mol. The molecule has 1 amide bonds. The van der Waals surface area contributed by atoms with Crippen LogP contribution in [0.1, 0.15) is 38.3 Å². The third-order valence-electron chi connectivity index (χ3n) is 4.89. The van der Waals surface area contributed by atoms with Crippen molar-refractivity contribution in [3.8, 4) is 11.5 Å². The molecule has 6 heteroatoms. The zero-order valence-corrected chi connectivity index (χ0v) is 17.7. The molecule has 0 atom stereocenters. The maximum Gasteiger partial charge on any atom is 0.258 e. The van der Waals surface area contributed by atoms with Gasteiger partial charge in [0.25, 0.3) is 5.91 Å². The number of methoxy groups -OCH3 is 2. The molecule has 0 aliphatic carbocycles. The van der Waals surface area contributed by atoms with E-state index in [4.69, 9.17) is 9.47 Å². The van der Waals surface area contributed by atoms with Crippen molar-refractivity contribution in [1.82, 2.24) is 5.32 Å². The number of anilines is 2. The molecule has 2 aromatic rings. The fourth-order valence-corrected chi connectivity index (χ4v) is 3.33. The Morgan fingerprint density at radius 1 is 1.07 bits per heavy atom. The standard InChI is InChI=1S/C23H29N3O3/c1-6-18(25-16-9-7-15(8-10-16)13-24-14(2)3)22-17-11-20(28-4)21(29-5)12-19(17)26-23(22)27/h7-12,14,24-25H,6,13H2,1-5H3,(H,26,27). The fraction of sp³-hybridized carbons (Fsp3) is 0.348. The normalized spacial score (nSPS) is 14.5. The Morgan fingerprint density at radius 2 is 1.72 bits per heavy atom. The second-order valence-electron chi connectivity index (χ2n) is 7.27. The van der Waals surface area contributed by atoms with E-state index in [1.807, 2.05) is 25.1 Å². The Labute approximate surface area is 172 Å². The number of benzene rings is 2. The van der Waals surface area contributed by atoms with Gasteiger partial charge in [0.2, 0.25) is 0 Å². The number of hydrogen-bond donors (Lipinski definition) is 3. The van der Waals surface area contributed by atoms with Gasteiger partial charge < -0.3 is 25.4 Å². The minimum atomic E-state index is -0.127. The van der Waals surface area contributed by atoms with Gasteiger partial charge in [0.15, 0.2) is 11.5 Å². The predicted molar refractivity (Wildman–Crippen MR) is 117 cm³/mol. The van der Waals surface area contributed by atoms with Crippen LogP contribution in [0.3, 0.4) is 0 Å². The Morgan fingerprint density at radius 3 is 2.31 bits per heavy atom. The van der Waals surface area contributed by atoms with Crippen LogP contribution >= 0.6 is 0 Å². The highest BCUT2D eigenvalue weighted by atomic mass is 16.5. The van der Waals surface area contributed by atoms with Crippen LogP contribution in [0.4, 0.5) is 11.4 Å². The lowest BCUT2D eigenvalue weighted by molar-refractivity contribution is -0.110. The van der Waals surface area contributed by atoms with Crippen LogP contribution < -0.4 is 25.4 Å². The van der Waals surface area contributed by atoms with E-state index in [1.165, 1.54) is 5.56 Å². The van der Waals surface area contributed by atoms with Gasteiger partial charge in [-0.1, -0.05) is 32.9 Å². The number of ether oxygens (including phenoxy) is 2. The van der Waals surface area contributed by atoms with Gasteiger partial charge in [-0.05, 0) is 30.2 Å². The molecule has 6 nitrogen and oxygen atoms in total. The minimum absolute atomic E-state index is 0.127. The van der Waals surface area contributed by atoms with Crippen molar-refractivity contribution in [2.24, 2.45) is 0 Å². The zero-order chi connectivity index (χ0) is 21.0. The highest BCUT2D eigenvalue weighted by molar-refractivity contribution is 6.32. The molecule has 0 radical (unpaired) electrons. The molecule has 0 aromatic heterocycles. The highest BCUT2D eigenvalue weighted by Gasteiger charge is 2.29. The summed E-state index contributed by atoms with van der Waals surface area (Å²) in [6, 6.07) is 12.3. The molecule has 1 aliphatic rings. The SMILES string of the molecule is CCC(Nc1ccc(CNC(C)C)cc1)=C1C(=O)Nc2cc(OC)c(OC)cc21. The Balaban J connectivity index is 1.90. The van der Waals surface area contributed by atoms with Crippen LogP contribution in [0.5, 0.6) is 11.5 Å². The third-order valence-corrected chi connectivity index (χ3v) is 4.89. The number of amides is 1. The molecule has 0 saturated carbocycles. The van der Waals surface area contributed by atoms with E-state index in [0.29, 0.717) is 29.5 Å². The molecule has 2 aromatic carbocycles. The molecule has 0 unspecified atom stereocenters. The van der Waals surface area contributed by atoms with Gasteiger partial charge in [0, 0.05) is 35.6 Å². The van der Waals surface area contributed by atoms with E-state index in [1.54, 1.807) is 20.3 Å². The van der Waals surface area contributed by atoms with Crippen molar-refractivity contribution in [3.05, 3.63) is 53.2 Å². The van der Waals surface area contributed by atoms with Gasteiger partial charge in [0.1, 0.15) is 0 Å². The lowest BCUT2D eigenvalue weighted by atomic mass is 10.0. The fourth-order valence-electron chi connectivity index (χ4n) is 3.33. The van der Waals surface area contributed by atoms with Gasteiger partial charge in [0.05, 0.1) is 25.5 Å². The molecule has 154 valence electrons. The molecular formula is C23H29N3O3. The summed E-state index contributed by atoms with van der Waals surface area (Å²) in [7, 11) is 3.17. The molecule has 3 rings (SSSR count). The third kappa shape index (κ3) is 4.54. The summed E-state index contributed by atoms with van der Waals surface area (Å²) in [5, 5.41) is 9.77. The monoisotopic (exact) mass is 395 g/mol. The van der Waals surface area contributed by atoms with Crippen molar-refractivity contribution >= 4 is 22.9 Å². The number of hydrogen-bond acceptors (Lipinski definition) is 5. The molecule has 0 fully saturated rings. The summed E-state index contributed by atoms with van der Waals surface area (Å²) in [6.07, 6.45) is 0.688. The average molecular weight is 396 g/mol. The van der Waals surface area contributed by atoms with Crippen molar-refractivity contribution in [1.29, 1.82) is 0 Å². The molecule has 0 spiro atoms. The summed E-state index contributed by atoms with van der Waals surface area (Å²) in [6.45, 7) is 7.12. The topological polar surface area (TPSA) is 71.6 Å². The highest BCUT2D eigenvalue weighted by Crippen LogP contribution is 2.42. The first kappa shape index (κ1) is 20.7. The van der Waals surface area contributed by atoms with Crippen LogP contribution in [0, 0.1) is 0 Å². The van der Waals surface area contributed by atoms with Crippen molar-refractivity contribution < 1.29 is 14.3 Å². The predicted octanol–water partition coefficient (Wildman–Crippen LogP) is 4.39. The summed E-state index contributed by atoms with van der Waals surface area (Å²) >= 11 is 0. The average Bonchev–Trinajstić information content (AvgIpc) is 3.04. The van der Waals surface area contributed by atoms with Crippen molar-refractivity contribution in [3.63, 3.8) is 0 Å². The summed E-state index contributed by atoms with van der Waals surface area (Å²) in [5.41, 5.74) is 5.20. The summed E-state index contributed by atoms with van der Waals surface area (Å²) < 4.78 is 10.8. The molecule has 0 bridgehead atoms. The van der Waals surface area contributed by atoms with E-state index in [2.05, 4.69) is 41.9 Å². The van der Waals surface area contributed by atoms with Gasteiger partial charge in [-0.3, -0.25) is 4.79 Å². The van der Waals surface area contributed by atoms with Gasteiger partial charge in [-0.2, -0.15) is 0 Å². The second kappa shape index (κ2) is 9.01. The number of nitrogens with one attached hydrogen (secondary N) is 3. The first-order valence-electron chi connectivity index (χ1n) is 9.87. The van der Waals surface area contributed by atoms with Crippen LogP contribution in [-0.2, 0) is 11.3 Å². The van der Waals surface area contributed by atoms with E-state index in [-0.39, 0.29) is 5.91 Å². The molecule has 1 aliphatic heterocycles. The van der Waals surface area contributed by atoms with E-state index in [0.717, 1.165) is 29.2 Å². The molecule has 0 saturated heterocycles. The molecule has 1 heterocycles. The van der Waals surface area contributed by atoms with Crippen LogP contribution in [0.15, 0.2) is 42.1 Å². The van der Waals surface area contributed by atoms with E-state index >= 15 is 0 Å². The zero-order valence-electron chi connectivity index (χ0n) is 17.7. The van der Waals surface area contributed by atoms with E-state index < -0.39 is 0 Å². The summed E-state index contributed by atoms with van der Waals surface area (Å²) in [4.78, 5) is 12.7. The lowest BCUT2D eigenvalue weighted by Gasteiger charge is -2.14. The number of fused-ring (bicyclic) bond motifs is 1. The smallest absolute Gasteiger partial charge is 0.258 e. The van der Waals surface area contributed by atoms with Crippen LogP contribution in [0.25, 0.3) is 5.57 Å². The van der Waals surface area contributed by atoms with Crippen LogP contribution in [0.2, 0.25) is 0 Å². The maximum absolute atomic E-state index is 12.7. The second-order valence-corrected chi connectivity index (χ2v) is 7.27. The van der Waals surface area contributed by atoms with E-state index in [9.17, 15) is 4.79 Å². The molecule has 3 N–H and O–H groups in total. The van der Waals surface area contributed by atoms with Gasteiger partial charge in [-0.15, -0.1) is 0 Å². The first-order chi connectivity index (χ1) is 14.0. The van der Waals surface area contributed by atoms with Gasteiger partial charge >= 0.3 is 0 Å².